The number of halogens is 1. The van der Waals surface area contributed by atoms with Gasteiger partial charge in [-0.15, -0.1) is 0 Å². The SMILES string of the molecule is C=C/C(=C\N(C)CCOC)NC(=O)/C(=C/C(=C(C)C)N(CC)C(=C)C(O)(c1ccccc1)c1ccccc1)C(=C)Cl. The van der Waals surface area contributed by atoms with Crippen molar-refractivity contribution in [2.75, 3.05) is 33.9 Å². The van der Waals surface area contributed by atoms with Crippen LogP contribution in [-0.2, 0) is 15.1 Å². The zero-order valence-electron chi connectivity index (χ0n) is 24.8. The molecule has 0 spiro atoms. The van der Waals surface area contributed by atoms with Gasteiger partial charge >= 0.3 is 0 Å². The monoisotopic (exact) mass is 575 g/mol. The van der Waals surface area contributed by atoms with Crippen molar-refractivity contribution in [2.45, 2.75) is 26.4 Å². The fraction of sp³-hybridized carbons (Fsp3) is 0.265. The summed E-state index contributed by atoms with van der Waals surface area (Å²) in [6.45, 7) is 19.5. The lowest BCUT2D eigenvalue weighted by atomic mass is 9.83. The Morgan fingerprint density at radius 2 is 1.61 bits per heavy atom. The van der Waals surface area contributed by atoms with Crippen molar-refractivity contribution < 1.29 is 14.6 Å². The maximum Gasteiger partial charge on any atom is 0.257 e. The lowest BCUT2D eigenvalue weighted by molar-refractivity contribution is -0.116. The molecule has 0 bridgehead atoms. The standard InChI is InChI=1S/C34H42ClN3O3/c1-9-30(24-37(7)21-22-41-8)36-33(39)31(26(5)35)23-32(25(3)4)38(10-2)27(6)34(40,28-17-13-11-14-18-28)29-19-15-12-16-20-29/h9,11-20,23-24,40H,1,5-6,10,21-22H2,2-4,7-8H3,(H,36,39)/b30-24+,31-23+. The second kappa shape index (κ2) is 15.8. The van der Waals surface area contributed by atoms with Crippen LogP contribution >= 0.6 is 11.6 Å². The van der Waals surface area contributed by atoms with Crippen LogP contribution in [0.4, 0.5) is 0 Å². The average Bonchev–Trinajstić information content (AvgIpc) is 2.97. The second-order valence-electron chi connectivity index (χ2n) is 9.70. The largest absolute Gasteiger partial charge is 0.383 e. The molecule has 7 heteroatoms. The van der Waals surface area contributed by atoms with Gasteiger partial charge in [0.2, 0.25) is 0 Å². The van der Waals surface area contributed by atoms with Crippen molar-refractivity contribution in [1.29, 1.82) is 0 Å². The van der Waals surface area contributed by atoms with Crippen LogP contribution in [0.3, 0.4) is 0 Å². The summed E-state index contributed by atoms with van der Waals surface area (Å²) in [6.07, 6.45) is 5.00. The first-order valence-electron chi connectivity index (χ1n) is 13.4. The van der Waals surface area contributed by atoms with E-state index in [0.717, 1.165) is 5.57 Å². The van der Waals surface area contributed by atoms with Crippen LogP contribution in [0.1, 0.15) is 31.9 Å². The smallest absolute Gasteiger partial charge is 0.257 e. The molecule has 0 fully saturated rings. The van der Waals surface area contributed by atoms with E-state index in [9.17, 15) is 9.90 Å². The third-order valence-corrected chi connectivity index (χ3v) is 6.75. The highest BCUT2D eigenvalue weighted by Gasteiger charge is 2.38. The van der Waals surface area contributed by atoms with Gasteiger partial charge in [0.15, 0.2) is 5.60 Å². The quantitative estimate of drug-likeness (QED) is 0.189. The van der Waals surface area contributed by atoms with Crippen LogP contribution in [0, 0.1) is 0 Å². The summed E-state index contributed by atoms with van der Waals surface area (Å²) >= 11 is 6.39. The molecule has 0 heterocycles. The van der Waals surface area contributed by atoms with Gasteiger partial charge in [0.05, 0.1) is 23.6 Å². The number of hydrogen-bond donors (Lipinski definition) is 2. The zero-order valence-corrected chi connectivity index (χ0v) is 25.5. The Labute approximate surface area is 250 Å². The van der Waals surface area contributed by atoms with Crippen molar-refractivity contribution >= 4 is 17.5 Å². The van der Waals surface area contributed by atoms with E-state index in [4.69, 9.17) is 16.3 Å². The minimum Gasteiger partial charge on any atom is -0.383 e. The molecule has 6 nitrogen and oxygen atoms in total. The molecule has 0 unspecified atom stereocenters. The predicted octanol–water partition coefficient (Wildman–Crippen LogP) is 6.45. The van der Waals surface area contributed by atoms with Gasteiger partial charge in [0.25, 0.3) is 5.91 Å². The molecule has 0 atom stereocenters. The van der Waals surface area contributed by atoms with Crippen molar-refractivity contribution in [3.8, 4) is 0 Å². The summed E-state index contributed by atoms with van der Waals surface area (Å²) in [5, 5.41) is 15.3. The molecule has 0 saturated carbocycles. The highest BCUT2D eigenvalue weighted by atomic mass is 35.5. The van der Waals surface area contributed by atoms with Gasteiger partial charge in [-0.1, -0.05) is 97.6 Å². The number of hydrogen-bond acceptors (Lipinski definition) is 5. The molecule has 0 radical (unpaired) electrons. The molecule has 1 amide bonds. The highest BCUT2D eigenvalue weighted by molar-refractivity contribution is 6.35. The Morgan fingerprint density at radius 1 is 1.07 bits per heavy atom. The molecule has 2 aromatic carbocycles. The number of nitrogens with one attached hydrogen (secondary N) is 1. The number of allylic oxidation sites excluding steroid dienone is 3. The third-order valence-electron chi connectivity index (χ3n) is 6.55. The first-order chi connectivity index (χ1) is 19.5. The van der Waals surface area contributed by atoms with Gasteiger partial charge in [-0.05, 0) is 44.1 Å². The number of ether oxygens (including phenoxy) is 1. The van der Waals surface area contributed by atoms with E-state index in [1.165, 1.54) is 0 Å². The predicted molar refractivity (Wildman–Crippen MR) is 170 cm³/mol. The molecule has 218 valence electrons. The van der Waals surface area contributed by atoms with Crippen LogP contribution in [-0.4, -0.2) is 54.7 Å². The van der Waals surface area contributed by atoms with Gasteiger partial charge in [0, 0.05) is 44.2 Å². The highest BCUT2D eigenvalue weighted by Crippen LogP contribution is 2.39. The molecule has 2 rings (SSSR count). The normalized spacial score (nSPS) is 11.9. The first kappa shape index (κ1) is 33.4. The fourth-order valence-electron chi connectivity index (χ4n) is 4.33. The number of carbonyl (C=O) groups excluding carboxylic acids is 1. The van der Waals surface area contributed by atoms with Crippen LogP contribution in [0.15, 0.2) is 132 Å². The maximum absolute atomic E-state index is 13.5. The molecule has 0 saturated heterocycles. The Morgan fingerprint density at radius 3 is 2.02 bits per heavy atom. The number of carbonyl (C=O) groups is 1. The number of amides is 1. The van der Waals surface area contributed by atoms with E-state index in [1.807, 2.05) is 98.3 Å². The number of benzene rings is 2. The molecule has 0 aliphatic carbocycles. The lowest BCUT2D eigenvalue weighted by Gasteiger charge is -2.39. The van der Waals surface area contributed by atoms with E-state index >= 15 is 0 Å². The van der Waals surface area contributed by atoms with Crippen LogP contribution in [0.5, 0.6) is 0 Å². The van der Waals surface area contributed by atoms with Crippen LogP contribution in [0.2, 0.25) is 0 Å². The van der Waals surface area contributed by atoms with Crippen molar-refractivity contribution in [2.24, 2.45) is 0 Å². The minimum atomic E-state index is -1.54. The Balaban J connectivity index is 2.58. The molecule has 41 heavy (non-hydrogen) atoms. The number of rotatable bonds is 15. The van der Waals surface area contributed by atoms with Crippen LogP contribution < -0.4 is 5.32 Å². The Bertz CT molecular complexity index is 1270. The van der Waals surface area contributed by atoms with Gasteiger partial charge in [0.1, 0.15) is 0 Å². The molecular weight excluding hydrogens is 534 g/mol. The van der Waals surface area contributed by atoms with E-state index in [0.29, 0.717) is 47.9 Å². The average molecular weight is 576 g/mol. The molecule has 2 N–H and O–H groups in total. The molecule has 2 aromatic rings. The zero-order chi connectivity index (χ0) is 30.6. The number of aliphatic hydroxyl groups is 1. The van der Waals surface area contributed by atoms with Crippen molar-refractivity contribution in [3.05, 3.63) is 143 Å². The van der Waals surface area contributed by atoms with Crippen molar-refractivity contribution in [3.63, 3.8) is 0 Å². The fourth-order valence-corrected chi connectivity index (χ4v) is 4.47. The summed E-state index contributed by atoms with van der Waals surface area (Å²) < 4.78 is 5.12. The third kappa shape index (κ3) is 8.57. The van der Waals surface area contributed by atoms with E-state index < -0.39 is 11.5 Å². The Hall–Kier alpha value is -3.84. The lowest BCUT2D eigenvalue weighted by Crippen LogP contribution is -2.39. The van der Waals surface area contributed by atoms with Gasteiger partial charge < -0.3 is 25.0 Å². The van der Waals surface area contributed by atoms with E-state index in [-0.39, 0.29) is 10.6 Å². The summed E-state index contributed by atoms with van der Waals surface area (Å²) in [4.78, 5) is 17.2. The molecular formula is C34H42ClN3O3. The summed E-state index contributed by atoms with van der Waals surface area (Å²) in [5.74, 6) is -0.446. The summed E-state index contributed by atoms with van der Waals surface area (Å²) in [6, 6.07) is 18.8. The molecule has 0 aliphatic rings. The Kier molecular flexibility index (Phi) is 12.9. The number of nitrogens with zero attached hydrogens (tertiary/aromatic N) is 2. The van der Waals surface area contributed by atoms with Gasteiger partial charge in [-0.2, -0.15) is 0 Å². The minimum absolute atomic E-state index is 0.0699. The van der Waals surface area contributed by atoms with E-state index in [1.54, 1.807) is 25.5 Å². The van der Waals surface area contributed by atoms with Gasteiger partial charge in [-0.3, -0.25) is 4.79 Å². The number of methoxy groups -OCH3 is 1. The van der Waals surface area contributed by atoms with Crippen molar-refractivity contribution in [1.82, 2.24) is 15.1 Å². The molecule has 0 aliphatic heterocycles. The summed E-state index contributed by atoms with van der Waals surface area (Å²) in [7, 11) is 3.51. The van der Waals surface area contributed by atoms with E-state index in [2.05, 4.69) is 25.1 Å². The first-order valence-corrected chi connectivity index (χ1v) is 13.8. The topological polar surface area (TPSA) is 65.0 Å². The maximum atomic E-state index is 13.5. The van der Waals surface area contributed by atoms with Crippen LogP contribution in [0.25, 0.3) is 0 Å². The second-order valence-corrected chi connectivity index (χ2v) is 10.2. The summed E-state index contributed by atoms with van der Waals surface area (Å²) in [5.41, 5.74) is 2.44. The van der Waals surface area contributed by atoms with Gasteiger partial charge in [-0.25, -0.2) is 0 Å². The number of likely N-dealkylation sites (N-methyl/N-ethyl adjacent to an activating group) is 2. The molecule has 0 aromatic heterocycles.